The molecule has 0 saturated carbocycles. The van der Waals surface area contributed by atoms with Crippen LogP contribution in [0.1, 0.15) is 38.3 Å². The molecule has 2 N–H and O–H groups in total. The highest BCUT2D eigenvalue weighted by Gasteiger charge is 2.11. The molecule has 1 atom stereocenters. The summed E-state index contributed by atoms with van der Waals surface area (Å²) in [5.74, 6) is 0.897. The van der Waals surface area contributed by atoms with E-state index >= 15 is 0 Å². The van der Waals surface area contributed by atoms with E-state index in [0.29, 0.717) is 0 Å². The van der Waals surface area contributed by atoms with Crippen LogP contribution < -0.4 is 10.5 Å². The highest BCUT2D eigenvalue weighted by molar-refractivity contribution is 5.35. The number of hydrogen-bond donors (Lipinski definition) is 1. The molecular formula is C14H21NO. The van der Waals surface area contributed by atoms with Crippen molar-refractivity contribution < 1.29 is 4.74 Å². The molecule has 2 heteroatoms. The van der Waals surface area contributed by atoms with Crippen molar-refractivity contribution in [3.05, 3.63) is 42.5 Å². The average Bonchev–Trinajstić information content (AvgIpc) is 2.26. The first kappa shape index (κ1) is 12.8. The van der Waals surface area contributed by atoms with E-state index in [0.717, 1.165) is 24.2 Å². The molecule has 0 heterocycles. The lowest BCUT2D eigenvalue weighted by atomic mass is 10.0. The van der Waals surface area contributed by atoms with Gasteiger partial charge in [-0.3, -0.25) is 0 Å². The SMILES string of the molecule is C=CCC[C@@H](N)c1ccccc1OC(C)C. The predicted octanol–water partition coefficient (Wildman–Crippen LogP) is 3.44. The second kappa shape index (κ2) is 6.33. The molecular weight excluding hydrogens is 198 g/mol. The minimum atomic E-state index is 0.0212. The first-order chi connectivity index (χ1) is 7.65. The predicted molar refractivity (Wildman–Crippen MR) is 68.6 cm³/mol. The Morgan fingerprint density at radius 2 is 2.06 bits per heavy atom. The zero-order valence-corrected chi connectivity index (χ0v) is 10.1. The van der Waals surface area contributed by atoms with Crippen LogP contribution in [0.5, 0.6) is 5.75 Å². The maximum atomic E-state index is 6.13. The van der Waals surface area contributed by atoms with Gasteiger partial charge in [0.15, 0.2) is 0 Å². The molecule has 0 aliphatic heterocycles. The fourth-order valence-electron chi connectivity index (χ4n) is 1.60. The van der Waals surface area contributed by atoms with Crippen molar-refractivity contribution in [3.8, 4) is 5.75 Å². The van der Waals surface area contributed by atoms with Crippen LogP contribution in [0.15, 0.2) is 36.9 Å². The summed E-state index contributed by atoms with van der Waals surface area (Å²) in [6, 6.07) is 8.00. The number of nitrogens with two attached hydrogens (primary N) is 1. The van der Waals surface area contributed by atoms with Crippen molar-refractivity contribution in [2.45, 2.75) is 38.8 Å². The highest BCUT2D eigenvalue weighted by Crippen LogP contribution is 2.27. The van der Waals surface area contributed by atoms with E-state index in [4.69, 9.17) is 10.5 Å². The van der Waals surface area contributed by atoms with Crippen molar-refractivity contribution in [2.24, 2.45) is 5.73 Å². The van der Waals surface area contributed by atoms with Crippen molar-refractivity contribution in [1.29, 1.82) is 0 Å². The lowest BCUT2D eigenvalue weighted by Gasteiger charge is -2.18. The van der Waals surface area contributed by atoms with Crippen LogP contribution in [-0.4, -0.2) is 6.10 Å². The van der Waals surface area contributed by atoms with Gasteiger partial charge in [0.2, 0.25) is 0 Å². The quantitative estimate of drug-likeness (QED) is 0.744. The zero-order valence-electron chi connectivity index (χ0n) is 10.1. The van der Waals surface area contributed by atoms with Crippen LogP contribution in [0.2, 0.25) is 0 Å². The molecule has 0 spiro atoms. The Hall–Kier alpha value is -1.28. The zero-order chi connectivity index (χ0) is 12.0. The maximum Gasteiger partial charge on any atom is 0.124 e. The molecule has 1 aromatic carbocycles. The molecule has 0 aliphatic rings. The van der Waals surface area contributed by atoms with Gasteiger partial charge in [-0.15, -0.1) is 6.58 Å². The second-order valence-corrected chi connectivity index (χ2v) is 4.18. The van der Waals surface area contributed by atoms with Gasteiger partial charge in [-0.1, -0.05) is 24.3 Å². The Labute approximate surface area is 98.1 Å². The number of hydrogen-bond acceptors (Lipinski definition) is 2. The Balaban J connectivity index is 2.80. The van der Waals surface area contributed by atoms with Crippen LogP contribution in [0.4, 0.5) is 0 Å². The van der Waals surface area contributed by atoms with Crippen LogP contribution in [0.3, 0.4) is 0 Å². The number of allylic oxidation sites excluding steroid dienone is 1. The molecule has 2 nitrogen and oxygen atoms in total. The van der Waals surface area contributed by atoms with E-state index in [2.05, 4.69) is 6.58 Å². The summed E-state index contributed by atoms with van der Waals surface area (Å²) in [5, 5.41) is 0. The molecule has 1 rings (SSSR count). The Morgan fingerprint density at radius 1 is 1.38 bits per heavy atom. The van der Waals surface area contributed by atoms with Gasteiger partial charge in [-0.05, 0) is 32.8 Å². The van der Waals surface area contributed by atoms with Gasteiger partial charge in [-0.2, -0.15) is 0 Å². The van der Waals surface area contributed by atoms with E-state index in [1.54, 1.807) is 0 Å². The molecule has 0 aromatic heterocycles. The van der Waals surface area contributed by atoms with E-state index in [-0.39, 0.29) is 12.1 Å². The second-order valence-electron chi connectivity index (χ2n) is 4.18. The van der Waals surface area contributed by atoms with Crippen LogP contribution >= 0.6 is 0 Å². The molecule has 0 saturated heterocycles. The Bertz CT molecular complexity index is 333. The van der Waals surface area contributed by atoms with E-state index in [9.17, 15) is 0 Å². The van der Waals surface area contributed by atoms with Gasteiger partial charge in [-0.25, -0.2) is 0 Å². The maximum absolute atomic E-state index is 6.13. The third kappa shape index (κ3) is 3.70. The molecule has 0 bridgehead atoms. The molecule has 0 amide bonds. The summed E-state index contributed by atoms with van der Waals surface area (Å²) >= 11 is 0. The van der Waals surface area contributed by atoms with E-state index < -0.39 is 0 Å². The number of benzene rings is 1. The van der Waals surface area contributed by atoms with Crippen LogP contribution in [0.25, 0.3) is 0 Å². The third-order valence-electron chi connectivity index (χ3n) is 2.36. The largest absolute Gasteiger partial charge is 0.491 e. The fraction of sp³-hybridized carbons (Fsp3) is 0.429. The highest BCUT2D eigenvalue weighted by atomic mass is 16.5. The summed E-state index contributed by atoms with van der Waals surface area (Å²) in [4.78, 5) is 0. The minimum absolute atomic E-state index is 0.0212. The van der Waals surface area contributed by atoms with Crippen LogP contribution in [0, 0.1) is 0 Å². The lowest BCUT2D eigenvalue weighted by molar-refractivity contribution is 0.238. The van der Waals surface area contributed by atoms with E-state index in [1.165, 1.54) is 0 Å². The van der Waals surface area contributed by atoms with Gasteiger partial charge in [0, 0.05) is 11.6 Å². The molecule has 0 aliphatic carbocycles. The van der Waals surface area contributed by atoms with E-state index in [1.807, 2.05) is 44.2 Å². The molecule has 16 heavy (non-hydrogen) atoms. The smallest absolute Gasteiger partial charge is 0.124 e. The summed E-state index contributed by atoms with van der Waals surface area (Å²) in [5.41, 5.74) is 7.21. The van der Waals surface area contributed by atoms with Crippen molar-refractivity contribution in [1.82, 2.24) is 0 Å². The summed E-state index contributed by atoms with van der Waals surface area (Å²) in [6.45, 7) is 7.75. The normalized spacial score (nSPS) is 12.5. The molecule has 0 fully saturated rings. The monoisotopic (exact) mass is 219 g/mol. The minimum Gasteiger partial charge on any atom is -0.491 e. The summed E-state index contributed by atoms with van der Waals surface area (Å²) in [7, 11) is 0. The number of ether oxygens (including phenoxy) is 1. The van der Waals surface area contributed by atoms with Crippen molar-refractivity contribution >= 4 is 0 Å². The average molecular weight is 219 g/mol. The summed E-state index contributed by atoms with van der Waals surface area (Å²) in [6.07, 6.45) is 3.90. The molecule has 0 radical (unpaired) electrons. The van der Waals surface area contributed by atoms with Crippen molar-refractivity contribution in [3.63, 3.8) is 0 Å². The first-order valence-corrected chi connectivity index (χ1v) is 5.77. The van der Waals surface area contributed by atoms with Gasteiger partial charge in [0.05, 0.1) is 6.10 Å². The number of rotatable bonds is 6. The van der Waals surface area contributed by atoms with Gasteiger partial charge < -0.3 is 10.5 Å². The third-order valence-corrected chi connectivity index (χ3v) is 2.36. The summed E-state index contributed by atoms with van der Waals surface area (Å²) < 4.78 is 5.74. The standard InChI is InChI=1S/C14H21NO/c1-4-5-9-13(15)12-8-6-7-10-14(12)16-11(2)3/h4,6-8,10-11,13H,1,5,9,15H2,2-3H3/t13-/m1/s1. The van der Waals surface area contributed by atoms with Crippen LogP contribution in [-0.2, 0) is 0 Å². The first-order valence-electron chi connectivity index (χ1n) is 5.77. The molecule has 0 unspecified atom stereocenters. The molecule has 1 aromatic rings. The van der Waals surface area contributed by atoms with Gasteiger partial charge >= 0.3 is 0 Å². The molecule has 88 valence electrons. The van der Waals surface area contributed by atoms with Gasteiger partial charge in [0.1, 0.15) is 5.75 Å². The van der Waals surface area contributed by atoms with Gasteiger partial charge in [0.25, 0.3) is 0 Å². The topological polar surface area (TPSA) is 35.2 Å². The Kier molecular flexibility index (Phi) is 5.06. The number of para-hydroxylation sites is 1. The lowest BCUT2D eigenvalue weighted by Crippen LogP contribution is -2.14. The fourth-order valence-corrected chi connectivity index (χ4v) is 1.60. The Morgan fingerprint density at radius 3 is 2.69 bits per heavy atom. The van der Waals surface area contributed by atoms with Crippen molar-refractivity contribution in [2.75, 3.05) is 0 Å².